The minimum absolute atomic E-state index is 0.146. The lowest BCUT2D eigenvalue weighted by molar-refractivity contribution is -0.127. The molecule has 0 unspecified atom stereocenters. The maximum atomic E-state index is 10.9. The van der Waals surface area contributed by atoms with Crippen molar-refractivity contribution in [2.45, 2.75) is 27.2 Å². The molecule has 0 N–H and O–H groups in total. The van der Waals surface area contributed by atoms with Crippen LogP contribution in [0, 0.1) is 0 Å². The van der Waals surface area contributed by atoms with Crippen molar-refractivity contribution in [2.24, 2.45) is 0 Å². The lowest BCUT2D eigenvalue weighted by atomic mass is 10.4. The molecule has 0 spiro atoms. The standard InChI is InChI=1S/C10H22N2O/c1-5-7-12(6-2)9-8-11(4)10(3)13/h5-9H2,1-4H3. The largest absolute Gasteiger partial charge is 0.345 e. The van der Waals surface area contributed by atoms with Crippen molar-refractivity contribution in [3.8, 4) is 0 Å². The van der Waals surface area contributed by atoms with Gasteiger partial charge in [-0.1, -0.05) is 13.8 Å². The van der Waals surface area contributed by atoms with Gasteiger partial charge in [0.25, 0.3) is 0 Å². The van der Waals surface area contributed by atoms with Gasteiger partial charge in [0, 0.05) is 27.1 Å². The van der Waals surface area contributed by atoms with Crippen molar-refractivity contribution in [3.63, 3.8) is 0 Å². The molecule has 0 aromatic carbocycles. The average molecular weight is 186 g/mol. The summed E-state index contributed by atoms with van der Waals surface area (Å²) >= 11 is 0. The lowest BCUT2D eigenvalue weighted by Crippen LogP contribution is -2.35. The summed E-state index contributed by atoms with van der Waals surface area (Å²) < 4.78 is 0. The summed E-state index contributed by atoms with van der Waals surface area (Å²) in [5.41, 5.74) is 0. The fourth-order valence-corrected chi connectivity index (χ4v) is 1.19. The van der Waals surface area contributed by atoms with Crippen molar-refractivity contribution in [1.29, 1.82) is 0 Å². The minimum atomic E-state index is 0.146. The van der Waals surface area contributed by atoms with Crippen molar-refractivity contribution in [3.05, 3.63) is 0 Å². The second kappa shape index (κ2) is 6.89. The van der Waals surface area contributed by atoms with E-state index in [1.807, 2.05) is 7.05 Å². The van der Waals surface area contributed by atoms with E-state index in [1.54, 1.807) is 11.8 Å². The number of rotatable bonds is 6. The number of nitrogens with zero attached hydrogens (tertiary/aromatic N) is 2. The van der Waals surface area contributed by atoms with Crippen LogP contribution in [-0.4, -0.2) is 48.9 Å². The van der Waals surface area contributed by atoms with Gasteiger partial charge in [0.1, 0.15) is 0 Å². The van der Waals surface area contributed by atoms with Crippen molar-refractivity contribution >= 4 is 5.91 Å². The first-order valence-electron chi connectivity index (χ1n) is 5.05. The van der Waals surface area contributed by atoms with E-state index in [4.69, 9.17) is 0 Å². The van der Waals surface area contributed by atoms with Crippen LogP contribution in [0.1, 0.15) is 27.2 Å². The Bertz CT molecular complexity index is 148. The number of carbonyl (C=O) groups is 1. The second-order valence-corrected chi connectivity index (χ2v) is 3.37. The third-order valence-corrected chi connectivity index (χ3v) is 2.28. The molecule has 0 radical (unpaired) electrons. The van der Waals surface area contributed by atoms with E-state index in [9.17, 15) is 4.79 Å². The summed E-state index contributed by atoms with van der Waals surface area (Å²) in [6.45, 7) is 9.96. The van der Waals surface area contributed by atoms with Gasteiger partial charge in [-0.3, -0.25) is 4.79 Å². The van der Waals surface area contributed by atoms with Gasteiger partial charge < -0.3 is 9.80 Å². The Morgan fingerprint density at radius 2 is 1.77 bits per heavy atom. The van der Waals surface area contributed by atoms with Crippen LogP contribution in [0.2, 0.25) is 0 Å². The SMILES string of the molecule is CCCN(CC)CCN(C)C(C)=O. The predicted molar refractivity (Wildman–Crippen MR) is 55.7 cm³/mol. The number of amides is 1. The monoisotopic (exact) mass is 186 g/mol. The zero-order valence-corrected chi connectivity index (χ0v) is 9.34. The Hall–Kier alpha value is -0.570. The third kappa shape index (κ3) is 5.64. The van der Waals surface area contributed by atoms with E-state index in [-0.39, 0.29) is 5.91 Å². The molecule has 78 valence electrons. The van der Waals surface area contributed by atoms with Crippen LogP contribution in [0.3, 0.4) is 0 Å². The number of carbonyl (C=O) groups excluding carboxylic acids is 1. The molecule has 0 heterocycles. The second-order valence-electron chi connectivity index (χ2n) is 3.37. The smallest absolute Gasteiger partial charge is 0.219 e. The first kappa shape index (κ1) is 12.4. The Morgan fingerprint density at radius 3 is 2.15 bits per heavy atom. The highest BCUT2D eigenvalue weighted by atomic mass is 16.2. The van der Waals surface area contributed by atoms with Crippen LogP contribution in [-0.2, 0) is 4.79 Å². The molecular formula is C10H22N2O. The summed E-state index contributed by atoms with van der Waals surface area (Å²) in [5, 5.41) is 0. The quantitative estimate of drug-likeness (QED) is 0.622. The maximum Gasteiger partial charge on any atom is 0.219 e. The molecule has 3 nitrogen and oxygen atoms in total. The molecule has 0 bridgehead atoms. The van der Waals surface area contributed by atoms with Gasteiger partial charge in [-0.05, 0) is 19.5 Å². The fourth-order valence-electron chi connectivity index (χ4n) is 1.19. The first-order chi connectivity index (χ1) is 6.11. The van der Waals surface area contributed by atoms with E-state index in [1.165, 1.54) is 6.42 Å². The molecule has 0 rings (SSSR count). The third-order valence-electron chi connectivity index (χ3n) is 2.28. The summed E-state index contributed by atoms with van der Waals surface area (Å²) in [4.78, 5) is 15.0. The van der Waals surface area contributed by atoms with Crippen molar-refractivity contribution < 1.29 is 4.79 Å². The fraction of sp³-hybridized carbons (Fsp3) is 0.900. The van der Waals surface area contributed by atoms with E-state index < -0.39 is 0 Å². The van der Waals surface area contributed by atoms with E-state index in [0.29, 0.717) is 0 Å². The van der Waals surface area contributed by atoms with Crippen LogP contribution in [0.5, 0.6) is 0 Å². The summed E-state index contributed by atoms with van der Waals surface area (Å²) in [6, 6.07) is 0. The minimum Gasteiger partial charge on any atom is -0.345 e. The lowest BCUT2D eigenvalue weighted by Gasteiger charge is -2.23. The van der Waals surface area contributed by atoms with Crippen LogP contribution >= 0.6 is 0 Å². The molecule has 0 saturated heterocycles. The Labute approximate surface area is 81.7 Å². The molecule has 0 aromatic rings. The number of likely N-dealkylation sites (N-methyl/N-ethyl adjacent to an activating group) is 2. The van der Waals surface area contributed by atoms with Gasteiger partial charge in [-0.2, -0.15) is 0 Å². The van der Waals surface area contributed by atoms with Crippen LogP contribution < -0.4 is 0 Å². The normalized spacial score (nSPS) is 10.5. The molecule has 1 amide bonds. The van der Waals surface area contributed by atoms with Gasteiger partial charge in [0.2, 0.25) is 5.91 Å². The van der Waals surface area contributed by atoms with Crippen molar-refractivity contribution in [1.82, 2.24) is 9.80 Å². The molecule has 0 aliphatic carbocycles. The van der Waals surface area contributed by atoms with Gasteiger partial charge in [-0.25, -0.2) is 0 Å². The highest BCUT2D eigenvalue weighted by Gasteiger charge is 2.04. The summed E-state index contributed by atoms with van der Waals surface area (Å²) in [7, 11) is 1.85. The molecule has 0 aliphatic rings. The summed E-state index contributed by atoms with van der Waals surface area (Å²) in [5.74, 6) is 0.146. The Balaban J connectivity index is 3.64. The van der Waals surface area contributed by atoms with Gasteiger partial charge in [0.05, 0.1) is 0 Å². The van der Waals surface area contributed by atoms with Gasteiger partial charge >= 0.3 is 0 Å². The molecule has 0 aromatic heterocycles. The molecule has 0 aliphatic heterocycles. The van der Waals surface area contributed by atoms with Gasteiger partial charge in [0.15, 0.2) is 0 Å². The molecule has 13 heavy (non-hydrogen) atoms. The first-order valence-corrected chi connectivity index (χ1v) is 5.05. The van der Waals surface area contributed by atoms with Crippen LogP contribution in [0.25, 0.3) is 0 Å². The molecule has 0 saturated carbocycles. The van der Waals surface area contributed by atoms with E-state index in [2.05, 4.69) is 18.7 Å². The van der Waals surface area contributed by atoms with Crippen molar-refractivity contribution in [2.75, 3.05) is 33.2 Å². The highest BCUT2D eigenvalue weighted by Crippen LogP contribution is 1.92. The highest BCUT2D eigenvalue weighted by molar-refractivity contribution is 5.72. The number of hydrogen-bond acceptors (Lipinski definition) is 2. The predicted octanol–water partition coefficient (Wildman–Crippen LogP) is 1.20. The Kier molecular flexibility index (Phi) is 6.59. The van der Waals surface area contributed by atoms with E-state index >= 15 is 0 Å². The van der Waals surface area contributed by atoms with Gasteiger partial charge in [-0.15, -0.1) is 0 Å². The maximum absolute atomic E-state index is 10.9. The molecule has 0 fully saturated rings. The summed E-state index contributed by atoms with van der Waals surface area (Å²) in [6.07, 6.45) is 1.18. The zero-order chi connectivity index (χ0) is 10.3. The molecule has 0 atom stereocenters. The molecule has 3 heteroatoms. The zero-order valence-electron chi connectivity index (χ0n) is 9.34. The van der Waals surface area contributed by atoms with Crippen LogP contribution in [0.15, 0.2) is 0 Å². The Morgan fingerprint density at radius 1 is 1.15 bits per heavy atom. The topological polar surface area (TPSA) is 23.6 Å². The molecular weight excluding hydrogens is 164 g/mol. The van der Waals surface area contributed by atoms with E-state index in [0.717, 1.165) is 26.2 Å². The van der Waals surface area contributed by atoms with Crippen LogP contribution in [0.4, 0.5) is 0 Å². The average Bonchev–Trinajstić information content (AvgIpc) is 2.11. The number of hydrogen-bond donors (Lipinski definition) is 0.